The fourth-order valence-electron chi connectivity index (χ4n) is 5.78. The molecule has 0 heteroatoms. The first-order valence-corrected chi connectivity index (χ1v) is 11.2. The Morgan fingerprint density at radius 2 is 1.32 bits per heavy atom. The standard InChI is InChI=1S/C25H40/c1-4-5-21-8-14-24(15-9-21)25-16-10-22(11-17-25)18-20(3)23-12-6-19(2)7-13-23/h6-7,12-13,20-22,24-25H,4-5,8-11,14-18H2,1-3H3/t20-,21?,22?,24?,25?/m1/s1. The van der Waals surface area contributed by atoms with Gasteiger partial charge in [-0.15, -0.1) is 0 Å². The third kappa shape index (κ3) is 5.35. The smallest absolute Gasteiger partial charge is 0.0188 e. The van der Waals surface area contributed by atoms with Crippen molar-refractivity contribution in [2.45, 2.75) is 97.3 Å². The molecular formula is C25H40. The highest BCUT2D eigenvalue weighted by molar-refractivity contribution is 5.24. The van der Waals surface area contributed by atoms with Gasteiger partial charge in [-0.2, -0.15) is 0 Å². The van der Waals surface area contributed by atoms with Crippen molar-refractivity contribution >= 4 is 0 Å². The van der Waals surface area contributed by atoms with E-state index in [1.54, 1.807) is 18.4 Å². The van der Waals surface area contributed by atoms with Crippen LogP contribution in [-0.4, -0.2) is 0 Å². The maximum atomic E-state index is 2.44. The van der Waals surface area contributed by atoms with Crippen molar-refractivity contribution in [1.82, 2.24) is 0 Å². The summed E-state index contributed by atoms with van der Waals surface area (Å²) < 4.78 is 0. The van der Waals surface area contributed by atoms with Gasteiger partial charge < -0.3 is 0 Å². The molecule has 3 rings (SSSR count). The molecule has 140 valence electrons. The normalized spacial score (nSPS) is 31.6. The Morgan fingerprint density at radius 1 is 0.800 bits per heavy atom. The minimum Gasteiger partial charge on any atom is -0.0654 e. The van der Waals surface area contributed by atoms with E-state index < -0.39 is 0 Å². The van der Waals surface area contributed by atoms with Gasteiger partial charge in [-0.1, -0.05) is 82.2 Å². The lowest BCUT2D eigenvalue weighted by molar-refractivity contribution is 0.139. The van der Waals surface area contributed by atoms with Crippen molar-refractivity contribution in [3.63, 3.8) is 0 Å². The molecule has 1 aromatic rings. The van der Waals surface area contributed by atoms with Crippen LogP contribution in [0.5, 0.6) is 0 Å². The Bertz CT molecular complexity index is 483. The molecule has 2 fully saturated rings. The van der Waals surface area contributed by atoms with Crippen molar-refractivity contribution in [3.8, 4) is 0 Å². The van der Waals surface area contributed by atoms with Gasteiger partial charge in [0, 0.05) is 0 Å². The molecule has 0 nitrogen and oxygen atoms in total. The molecule has 0 radical (unpaired) electrons. The summed E-state index contributed by atoms with van der Waals surface area (Å²) in [6, 6.07) is 9.25. The van der Waals surface area contributed by atoms with E-state index in [0.29, 0.717) is 0 Å². The van der Waals surface area contributed by atoms with E-state index in [0.717, 1.165) is 29.6 Å². The Balaban J connectivity index is 1.41. The van der Waals surface area contributed by atoms with Crippen LogP contribution in [0, 0.1) is 30.6 Å². The van der Waals surface area contributed by atoms with Gasteiger partial charge in [0.1, 0.15) is 0 Å². The van der Waals surface area contributed by atoms with Gasteiger partial charge in [-0.3, -0.25) is 0 Å². The second-order valence-corrected chi connectivity index (χ2v) is 9.40. The van der Waals surface area contributed by atoms with Crippen LogP contribution >= 0.6 is 0 Å². The molecular weight excluding hydrogens is 300 g/mol. The van der Waals surface area contributed by atoms with Crippen LogP contribution in [0.15, 0.2) is 24.3 Å². The van der Waals surface area contributed by atoms with Crippen LogP contribution < -0.4 is 0 Å². The van der Waals surface area contributed by atoms with Crippen LogP contribution in [0.1, 0.15) is 102 Å². The molecule has 0 heterocycles. The second-order valence-electron chi connectivity index (χ2n) is 9.40. The van der Waals surface area contributed by atoms with E-state index in [9.17, 15) is 0 Å². The molecule has 2 aliphatic rings. The van der Waals surface area contributed by atoms with E-state index in [1.807, 2.05) is 0 Å². The number of rotatable bonds is 6. The highest BCUT2D eigenvalue weighted by Crippen LogP contribution is 2.43. The summed E-state index contributed by atoms with van der Waals surface area (Å²) in [5.74, 6) is 4.90. The van der Waals surface area contributed by atoms with E-state index in [4.69, 9.17) is 0 Å². The maximum Gasteiger partial charge on any atom is -0.0188 e. The SMILES string of the molecule is CCCC1CCC(C2CCC(C[C@@H](C)c3ccc(C)cc3)CC2)CC1. The van der Waals surface area contributed by atoms with Gasteiger partial charge in [-0.25, -0.2) is 0 Å². The maximum absolute atomic E-state index is 2.44. The molecule has 2 saturated carbocycles. The minimum atomic E-state index is 0.728. The average Bonchev–Trinajstić information content (AvgIpc) is 2.64. The molecule has 0 N–H and O–H groups in total. The lowest BCUT2D eigenvalue weighted by Crippen LogP contribution is -2.26. The number of hydrogen-bond acceptors (Lipinski definition) is 0. The van der Waals surface area contributed by atoms with E-state index in [-0.39, 0.29) is 0 Å². The number of aryl methyl sites for hydroxylation is 1. The van der Waals surface area contributed by atoms with Crippen molar-refractivity contribution in [2.24, 2.45) is 23.7 Å². The Labute approximate surface area is 156 Å². The average molecular weight is 341 g/mol. The zero-order valence-corrected chi connectivity index (χ0v) is 17.0. The van der Waals surface area contributed by atoms with E-state index >= 15 is 0 Å². The zero-order valence-electron chi connectivity index (χ0n) is 17.0. The quantitative estimate of drug-likeness (QED) is 0.493. The lowest BCUT2D eigenvalue weighted by Gasteiger charge is -2.38. The first-order chi connectivity index (χ1) is 12.2. The molecule has 1 aromatic carbocycles. The van der Waals surface area contributed by atoms with Gasteiger partial charge in [0.05, 0.1) is 0 Å². The molecule has 0 bridgehead atoms. The summed E-state index contributed by atoms with van der Waals surface area (Å²) in [7, 11) is 0. The predicted molar refractivity (Wildman–Crippen MR) is 110 cm³/mol. The Morgan fingerprint density at radius 3 is 1.84 bits per heavy atom. The molecule has 0 saturated heterocycles. The fourth-order valence-corrected chi connectivity index (χ4v) is 5.78. The van der Waals surface area contributed by atoms with Gasteiger partial charge >= 0.3 is 0 Å². The van der Waals surface area contributed by atoms with Crippen molar-refractivity contribution < 1.29 is 0 Å². The molecule has 0 aromatic heterocycles. The fraction of sp³-hybridized carbons (Fsp3) is 0.760. The second kappa shape index (κ2) is 9.24. The molecule has 1 atom stereocenters. The van der Waals surface area contributed by atoms with Crippen molar-refractivity contribution in [1.29, 1.82) is 0 Å². The van der Waals surface area contributed by atoms with Crippen LogP contribution in [0.25, 0.3) is 0 Å². The number of hydrogen-bond donors (Lipinski definition) is 0. The topological polar surface area (TPSA) is 0 Å². The van der Waals surface area contributed by atoms with Crippen LogP contribution in [0.4, 0.5) is 0 Å². The van der Waals surface area contributed by atoms with Crippen LogP contribution in [-0.2, 0) is 0 Å². The largest absolute Gasteiger partial charge is 0.0654 e. The third-order valence-electron chi connectivity index (χ3n) is 7.48. The van der Waals surface area contributed by atoms with E-state index in [1.165, 1.54) is 63.4 Å². The first-order valence-electron chi connectivity index (χ1n) is 11.2. The molecule has 0 amide bonds. The molecule has 2 aliphatic carbocycles. The summed E-state index contributed by atoms with van der Waals surface area (Å²) >= 11 is 0. The van der Waals surface area contributed by atoms with E-state index in [2.05, 4.69) is 45.0 Å². The predicted octanol–water partition coefficient (Wildman–Crippen LogP) is 7.90. The number of benzene rings is 1. The monoisotopic (exact) mass is 340 g/mol. The van der Waals surface area contributed by atoms with Crippen molar-refractivity contribution in [3.05, 3.63) is 35.4 Å². The third-order valence-corrected chi connectivity index (χ3v) is 7.48. The Kier molecular flexibility index (Phi) is 7.02. The minimum absolute atomic E-state index is 0.728. The van der Waals surface area contributed by atoms with Crippen LogP contribution in [0.2, 0.25) is 0 Å². The highest BCUT2D eigenvalue weighted by atomic mass is 14.4. The summed E-state index contributed by atoms with van der Waals surface area (Å²) in [5.41, 5.74) is 2.92. The van der Waals surface area contributed by atoms with Gasteiger partial charge in [-0.05, 0) is 74.2 Å². The first kappa shape index (κ1) is 19.0. The zero-order chi connectivity index (χ0) is 17.6. The van der Waals surface area contributed by atoms with Crippen molar-refractivity contribution in [2.75, 3.05) is 0 Å². The molecule has 0 unspecified atom stereocenters. The summed E-state index contributed by atoms with van der Waals surface area (Å²) in [5, 5.41) is 0. The molecule has 25 heavy (non-hydrogen) atoms. The van der Waals surface area contributed by atoms with Gasteiger partial charge in [0.15, 0.2) is 0 Å². The molecule has 0 aliphatic heterocycles. The van der Waals surface area contributed by atoms with Gasteiger partial charge in [0.2, 0.25) is 0 Å². The summed E-state index contributed by atoms with van der Waals surface area (Å²) in [4.78, 5) is 0. The van der Waals surface area contributed by atoms with Crippen LogP contribution in [0.3, 0.4) is 0 Å². The Hall–Kier alpha value is -0.780. The summed E-state index contributed by atoms with van der Waals surface area (Å²) in [6.45, 7) is 6.97. The highest BCUT2D eigenvalue weighted by Gasteiger charge is 2.31. The molecule has 0 spiro atoms. The lowest BCUT2D eigenvalue weighted by atomic mass is 9.68. The summed E-state index contributed by atoms with van der Waals surface area (Å²) in [6.07, 6.45) is 16.5. The van der Waals surface area contributed by atoms with Gasteiger partial charge in [0.25, 0.3) is 0 Å².